The van der Waals surface area contributed by atoms with E-state index in [-0.39, 0.29) is 5.56 Å². The lowest BCUT2D eigenvalue weighted by atomic mass is 10.1. The molecule has 0 amide bonds. The standard InChI is InChI=1S/C11H11IN4O/c1-7-2-3-13-4-8(7)5-14-10-9(12)11(17)16-6-15-10/h2-4,6H,5H2,1H3,(H2,14,15,16,17). The van der Waals surface area contributed by atoms with Gasteiger partial charge >= 0.3 is 0 Å². The SMILES string of the molecule is Cc1ccncc1CNc1nc[nH]c(=O)c1I. The molecule has 0 radical (unpaired) electrons. The van der Waals surface area contributed by atoms with Gasteiger partial charge in [0, 0.05) is 18.9 Å². The summed E-state index contributed by atoms with van der Waals surface area (Å²) in [6.45, 7) is 2.63. The third kappa shape index (κ3) is 2.82. The summed E-state index contributed by atoms with van der Waals surface area (Å²) in [5.74, 6) is 0.595. The normalized spacial score (nSPS) is 10.2. The molecule has 0 aliphatic carbocycles. The van der Waals surface area contributed by atoms with E-state index in [1.807, 2.05) is 41.8 Å². The second kappa shape index (κ2) is 5.26. The molecule has 0 aromatic carbocycles. The maximum atomic E-state index is 11.4. The van der Waals surface area contributed by atoms with Gasteiger partial charge in [-0.15, -0.1) is 0 Å². The number of nitrogens with zero attached hydrogens (tertiary/aromatic N) is 2. The Labute approximate surface area is 112 Å². The minimum atomic E-state index is -0.133. The van der Waals surface area contributed by atoms with Crippen molar-refractivity contribution >= 4 is 28.4 Å². The van der Waals surface area contributed by atoms with Crippen LogP contribution in [0.1, 0.15) is 11.1 Å². The summed E-state index contributed by atoms with van der Waals surface area (Å²) >= 11 is 1.97. The van der Waals surface area contributed by atoms with Crippen LogP contribution in [0.3, 0.4) is 0 Å². The zero-order valence-corrected chi connectivity index (χ0v) is 11.4. The second-order valence-corrected chi connectivity index (χ2v) is 4.63. The molecule has 2 heterocycles. The van der Waals surface area contributed by atoms with Crippen LogP contribution in [0, 0.1) is 10.5 Å². The Balaban J connectivity index is 2.16. The average Bonchev–Trinajstić information content (AvgIpc) is 2.33. The Bertz CT molecular complexity index is 582. The lowest BCUT2D eigenvalue weighted by Gasteiger charge is -2.08. The molecule has 0 aliphatic heterocycles. The van der Waals surface area contributed by atoms with Crippen molar-refractivity contribution in [1.82, 2.24) is 15.0 Å². The number of anilines is 1. The van der Waals surface area contributed by atoms with Crippen LogP contribution in [-0.2, 0) is 6.54 Å². The van der Waals surface area contributed by atoms with Crippen molar-refractivity contribution in [3.05, 3.63) is 49.8 Å². The van der Waals surface area contributed by atoms with Crippen LogP contribution in [0.2, 0.25) is 0 Å². The highest BCUT2D eigenvalue weighted by molar-refractivity contribution is 14.1. The second-order valence-electron chi connectivity index (χ2n) is 3.55. The summed E-state index contributed by atoms with van der Waals surface area (Å²) in [5.41, 5.74) is 2.11. The largest absolute Gasteiger partial charge is 0.365 e. The lowest BCUT2D eigenvalue weighted by molar-refractivity contribution is 1.03. The molecular formula is C11H11IN4O. The molecule has 0 atom stereocenters. The molecule has 0 bridgehead atoms. The Morgan fingerprint density at radius 2 is 2.35 bits per heavy atom. The van der Waals surface area contributed by atoms with Crippen molar-refractivity contribution in [2.45, 2.75) is 13.5 Å². The van der Waals surface area contributed by atoms with E-state index in [4.69, 9.17) is 0 Å². The minimum Gasteiger partial charge on any atom is -0.365 e. The summed E-state index contributed by atoms with van der Waals surface area (Å²) in [7, 11) is 0. The van der Waals surface area contributed by atoms with Gasteiger partial charge in [0.2, 0.25) is 0 Å². The number of aromatic nitrogens is 3. The highest BCUT2D eigenvalue weighted by atomic mass is 127. The highest BCUT2D eigenvalue weighted by Gasteiger charge is 2.05. The van der Waals surface area contributed by atoms with Gasteiger partial charge in [0.25, 0.3) is 5.56 Å². The van der Waals surface area contributed by atoms with E-state index in [1.165, 1.54) is 6.33 Å². The molecule has 2 aromatic rings. The molecular weight excluding hydrogens is 331 g/mol. The van der Waals surface area contributed by atoms with Crippen molar-refractivity contribution in [3.63, 3.8) is 0 Å². The quantitative estimate of drug-likeness (QED) is 0.833. The molecule has 0 unspecified atom stereocenters. The molecule has 6 heteroatoms. The lowest BCUT2D eigenvalue weighted by Crippen LogP contribution is -2.14. The number of aryl methyl sites for hydroxylation is 1. The topological polar surface area (TPSA) is 70.7 Å². The van der Waals surface area contributed by atoms with Crippen LogP contribution in [0.25, 0.3) is 0 Å². The first-order valence-electron chi connectivity index (χ1n) is 5.05. The number of H-pyrrole nitrogens is 1. The summed E-state index contributed by atoms with van der Waals surface area (Å²) in [6.07, 6.45) is 4.96. The van der Waals surface area contributed by atoms with E-state index in [0.29, 0.717) is 15.9 Å². The number of hydrogen-bond acceptors (Lipinski definition) is 4. The molecule has 2 aromatic heterocycles. The number of aromatic amines is 1. The van der Waals surface area contributed by atoms with Gasteiger partial charge in [-0.05, 0) is 46.7 Å². The Hall–Kier alpha value is -1.44. The number of hydrogen-bond donors (Lipinski definition) is 2. The van der Waals surface area contributed by atoms with Gasteiger partial charge in [-0.3, -0.25) is 9.78 Å². The van der Waals surface area contributed by atoms with Gasteiger partial charge in [-0.1, -0.05) is 0 Å². The summed E-state index contributed by atoms with van der Waals surface area (Å²) in [6, 6.07) is 1.95. The van der Waals surface area contributed by atoms with Crippen molar-refractivity contribution in [2.75, 3.05) is 5.32 Å². The van der Waals surface area contributed by atoms with Crippen molar-refractivity contribution in [2.24, 2.45) is 0 Å². The number of rotatable bonds is 3. The molecule has 2 rings (SSSR count). The minimum absolute atomic E-state index is 0.133. The first-order chi connectivity index (χ1) is 8.18. The maximum absolute atomic E-state index is 11.4. The third-order valence-corrected chi connectivity index (χ3v) is 3.39. The maximum Gasteiger partial charge on any atom is 0.266 e. The monoisotopic (exact) mass is 342 g/mol. The highest BCUT2D eigenvalue weighted by Crippen LogP contribution is 2.12. The fourth-order valence-corrected chi connectivity index (χ4v) is 1.85. The van der Waals surface area contributed by atoms with Crippen LogP contribution in [0.15, 0.2) is 29.6 Å². The molecule has 2 N–H and O–H groups in total. The molecule has 88 valence electrons. The summed E-state index contributed by atoms with van der Waals surface area (Å²) < 4.78 is 0.562. The molecule has 0 aliphatic rings. The van der Waals surface area contributed by atoms with Gasteiger partial charge in [-0.2, -0.15) is 0 Å². The Morgan fingerprint density at radius 1 is 1.53 bits per heavy atom. The number of nitrogens with one attached hydrogen (secondary N) is 2. The van der Waals surface area contributed by atoms with E-state index in [9.17, 15) is 4.79 Å². The van der Waals surface area contributed by atoms with E-state index < -0.39 is 0 Å². The van der Waals surface area contributed by atoms with Crippen molar-refractivity contribution < 1.29 is 0 Å². The van der Waals surface area contributed by atoms with Gasteiger partial charge < -0.3 is 10.3 Å². The third-order valence-electron chi connectivity index (χ3n) is 2.39. The van der Waals surface area contributed by atoms with E-state index in [2.05, 4.69) is 20.3 Å². The fourth-order valence-electron chi connectivity index (χ4n) is 1.37. The fraction of sp³-hybridized carbons (Fsp3) is 0.182. The summed E-state index contributed by atoms with van der Waals surface area (Å²) in [5, 5.41) is 3.13. The van der Waals surface area contributed by atoms with E-state index in [0.717, 1.165) is 11.1 Å². The zero-order valence-electron chi connectivity index (χ0n) is 9.20. The molecule has 5 nitrogen and oxygen atoms in total. The first kappa shape index (κ1) is 12.0. The number of pyridine rings is 1. The van der Waals surface area contributed by atoms with Crippen LogP contribution in [0.4, 0.5) is 5.82 Å². The molecule has 0 spiro atoms. The van der Waals surface area contributed by atoms with Crippen LogP contribution in [-0.4, -0.2) is 15.0 Å². The average molecular weight is 342 g/mol. The molecule has 17 heavy (non-hydrogen) atoms. The Morgan fingerprint density at radius 3 is 3.12 bits per heavy atom. The van der Waals surface area contributed by atoms with Gasteiger partial charge in [0.15, 0.2) is 0 Å². The van der Waals surface area contributed by atoms with Crippen molar-refractivity contribution in [1.29, 1.82) is 0 Å². The molecule has 0 saturated carbocycles. The van der Waals surface area contributed by atoms with Crippen molar-refractivity contribution in [3.8, 4) is 0 Å². The molecule has 0 fully saturated rings. The van der Waals surface area contributed by atoms with Gasteiger partial charge in [0.1, 0.15) is 9.39 Å². The van der Waals surface area contributed by atoms with Gasteiger partial charge in [0.05, 0.1) is 6.33 Å². The van der Waals surface area contributed by atoms with Crippen LogP contribution in [0.5, 0.6) is 0 Å². The van der Waals surface area contributed by atoms with Crippen LogP contribution < -0.4 is 10.9 Å². The predicted molar refractivity (Wildman–Crippen MR) is 73.9 cm³/mol. The Kier molecular flexibility index (Phi) is 3.72. The van der Waals surface area contributed by atoms with E-state index in [1.54, 1.807) is 6.20 Å². The summed E-state index contributed by atoms with van der Waals surface area (Å²) in [4.78, 5) is 22.0. The van der Waals surface area contributed by atoms with Crippen LogP contribution >= 0.6 is 22.6 Å². The zero-order chi connectivity index (χ0) is 12.3. The van der Waals surface area contributed by atoms with E-state index >= 15 is 0 Å². The number of halogens is 1. The predicted octanol–water partition coefficient (Wildman–Crippen LogP) is 1.69. The smallest absolute Gasteiger partial charge is 0.266 e. The van der Waals surface area contributed by atoms with Gasteiger partial charge in [-0.25, -0.2) is 4.98 Å². The first-order valence-corrected chi connectivity index (χ1v) is 6.13. The molecule has 0 saturated heterocycles.